The maximum Gasteiger partial charge on any atom is -0.00854 e. The number of allylic oxidation sites excluding steroid dienone is 4. The predicted molar refractivity (Wildman–Crippen MR) is 131 cm³/mol. The van der Waals surface area contributed by atoms with Gasteiger partial charge in [-0.2, -0.15) is 0 Å². The van der Waals surface area contributed by atoms with E-state index in [1.807, 2.05) is 0 Å². The third kappa shape index (κ3) is 3.21. The second-order valence-corrected chi connectivity index (χ2v) is 13.8. The molecule has 0 saturated heterocycles. The molecule has 4 aliphatic carbocycles. The first kappa shape index (κ1) is 22.7. The van der Waals surface area contributed by atoms with E-state index >= 15 is 0 Å². The van der Waals surface area contributed by atoms with Crippen LogP contribution in [0.2, 0.25) is 0 Å². The molecule has 0 radical (unpaired) electrons. The molecule has 0 N–H and O–H groups in total. The molecule has 0 amide bonds. The van der Waals surface area contributed by atoms with Gasteiger partial charge in [-0.15, -0.1) is 0 Å². The van der Waals surface area contributed by atoms with Crippen molar-refractivity contribution in [2.45, 2.75) is 126 Å². The molecule has 0 nitrogen and oxygen atoms in total. The third-order valence-corrected chi connectivity index (χ3v) is 11.8. The Morgan fingerprint density at radius 1 is 0.933 bits per heavy atom. The Morgan fingerprint density at radius 3 is 2.37 bits per heavy atom. The van der Waals surface area contributed by atoms with Crippen LogP contribution in [0.15, 0.2) is 23.3 Å². The van der Waals surface area contributed by atoms with Gasteiger partial charge in [-0.25, -0.2) is 0 Å². The topological polar surface area (TPSA) is 0 Å². The molecule has 0 aliphatic heterocycles. The van der Waals surface area contributed by atoms with Gasteiger partial charge in [0.25, 0.3) is 0 Å². The van der Waals surface area contributed by atoms with E-state index < -0.39 is 0 Å². The van der Waals surface area contributed by atoms with Crippen molar-refractivity contribution in [2.24, 2.45) is 38.9 Å². The third-order valence-electron chi connectivity index (χ3n) is 11.8. The Morgan fingerprint density at radius 2 is 1.67 bits per heavy atom. The molecule has 0 unspecified atom stereocenters. The zero-order chi connectivity index (χ0) is 22.0. The van der Waals surface area contributed by atoms with Gasteiger partial charge in [-0.1, -0.05) is 57.9 Å². The lowest BCUT2D eigenvalue weighted by atomic mass is 9.33. The van der Waals surface area contributed by atoms with E-state index in [0.29, 0.717) is 27.1 Å². The van der Waals surface area contributed by atoms with Gasteiger partial charge in [-0.05, 0) is 130 Å². The van der Waals surface area contributed by atoms with Crippen LogP contribution in [0.1, 0.15) is 126 Å². The zero-order valence-corrected chi connectivity index (χ0v) is 21.6. The molecule has 0 spiro atoms. The summed E-state index contributed by atoms with van der Waals surface area (Å²) < 4.78 is 0. The van der Waals surface area contributed by atoms with Crippen molar-refractivity contribution in [3.8, 4) is 0 Å². The average molecular weight is 411 g/mol. The van der Waals surface area contributed by atoms with Crippen LogP contribution in [-0.4, -0.2) is 0 Å². The molecule has 0 heteroatoms. The van der Waals surface area contributed by atoms with Crippen LogP contribution in [0.5, 0.6) is 0 Å². The summed E-state index contributed by atoms with van der Waals surface area (Å²) in [4.78, 5) is 0. The van der Waals surface area contributed by atoms with E-state index in [1.165, 1.54) is 76.2 Å². The van der Waals surface area contributed by atoms with E-state index in [4.69, 9.17) is 0 Å². The molecule has 0 heterocycles. The zero-order valence-electron chi connectivity index (χ0n) is 21.6. The van der Waals surface area contributed by atoms with Gasteiger partial charge in [0.1, 0.15) is 0 Å². The highest BCUT2D eigenvalue weighted by molar-refractivity contribution is 5.24. The van der Waals surface area contributed by atoms with Crippen LogP contribution < -0.4 is 0 Å². The molecule has 3 saturated carbocycles. The van der Waals surface area contributed by atoms with Gasteiger partial charge in [0, 0.05) is 0 Å². The largest absolute Gasteiger partial charge is 0.0859 e. The summed E-state index contributed by atoms with van der Waals surface area (Å²) in [5.74, 6) is 1.83. The molecular weight excluding hydrogens is 360 g/mol. The van der Waals surface area contributed by atoms with Crippen LogP contribution >= 0.6 is 0 Å². The van der Waals surface area contributed by atoms with Crippen molar-refractivity contribution in [3.63, 3.8) is 0 Å². The predicted octanol–water partition coefficient (Wildman–Crippen LogP) is 9.51. The second kappa shape index (κ2) is 7.25. The first-order chi connectivity index (χ1) is 13.9. The summed E-state index contributed by atoms with van der Waals surface area (Å²) in [6.45, 7) is 20.4. The summed E-state index contributed by atoms with van der Waals surface area (Å²) in [6, 6.07) is 0. The van der Waals surface area contributed by atoms with Crippen LogP contribution in [-0.2, 0) is 0 Å². The maximum absolute atomic E-state index is 2.75. The van der Waals surface area contributed by atoms with Crippen molar-refractivity contribution in [1.29, 1.82) is 0 Å². The first-order valence-electron chi connectivity index (χ1n) is 13.2. The van der Waals surface area contributed by atoms with Gasteiger partial charge >= 0.3 is 0 Å². The summed E-state index contributed by atoms with van der Waals surface area (Å²) >= 11 is 0. The van der Waals surface area contributed by atoms with E-state index in [9.17, 15) is 0 Å². The Labute approximate surface area is 188 Å². The Hall–Kier alpha value is -0.520. The number of rotatable bonds is 3. The Balaban J connectivity index is 1.61. The summed E-state index contributed by atoms with van der Waals surface area (Å²) in [6.07, 6.45) is 20.7. The molecule has 4 aliphatic rings. The lowest BCUT2D eigenvalue weighted by molar-refractivity contribution is -0.211. The van der Waals surface area contributed by atoms with Crippen molar-refractivity contribution in [2.75, 3.05) is 0 Å². The van der Waals surface area contributed by atoms with Crippen LogP contribution in [0.25, 0.3) is 0 Å². The van der Waals surface area contributed by atoms with E-state index in [2.05, 4.69) is 67.5 Å². The summed E-state index contributed by atoms with van der Waals surface area (Å²) in [7, 11) is 0. The van der Waals surface area contributed by atoms with Crippen LogP contribution in [0.4, 0.5) is 0 Å². The van der Waals surface area contributed by atoms with E-state index in [0.717, 1.165) is 11.8 Å². The Bertz CT molecular complexity index is 737. The van der Waals surface area contributed by atoms with Gasteiger partial charge < -0.3 is 0 Å². The average Bonchev–Trinajstić information content (AvgIpc) is 2.65. The SMILES string of the molecule is CC(C)=CCC[C@]1(C)CC[C@]2(C)[C@@H]3CC[C@]4(C)C(C)=CCC[C@H]4[C@]3(C)CC[C@@]2(C)C1. The van der Waals surface area contributed by atoms with Gasteiger partial charge in [0.15, 0.2) is 0 Å². The smallest absolute Gasteiger partial charge is 0.00854 e. The standard InChI is InChI=1S/C30H50/c1-22(2)11-10-15-26(4)17-20-30(8)25-14-16-28(6)23(3)12-9-13-24(28)29(25,7)19-18-27(30,5)21-26/h11-12,24-25H,9-10,13-21H2,1-8H3/t24-,25-,26-,27+,28-,29+,30-/m1/s1. The number of fused-ring (bicyclic) bond motifs is 5. The molecule has 0 aromatic heterocycles. The van der Waals surface area contributed by atoms with Crippen molar-refractivity contribution in [3.05, 3.63) is 23.3 Å². The second-order valence-electron chi connectivity index (χ2n) is 13.8. The van der Waals surface area contributed by atoms with Crippen molar-refractivity contribution in [1.82, 2.24) is 0 Å². The lowest BCUT2D eigenvalue weighted by Gasteiger charge is -2.71. The minimum absolute atomic E-state index is 0.473. The van der Waals surface area contributed by atoms with Gasteiger partial charge in [-0.3, -0.25) is 0 Å². The minimum Gasteiger partial charge on any atom is -0.0859 e. The first-order valence-corrected chi connectivity index (χ1v) is 13.2. The van der Waals surface area contributed by atoms with Crippen LogP contribution in [0.3, 0.4) is 0 Å². The molecular formula is C30H50. The molecule has 7 atom stereocenters. The Kier molecular flexibility index (Phi) is 5.47. The number of hydrogen-bond donors (Lipinski definition) is 0. The maximum atomic E-state index is 2.75. The van der Waals surface area contributed by atoms with Crippen LogP contribution in [0, 0.1) is 38.9 Å². The number of hydrogen-bond acceptors (Lipinski definition) is 0. The summed E-state index contributed by atoms with van der Waals surface area (Å²) in [5, 5.41) is 0. The quantitative estimate of drug-likeness (QED) is 0.406. The monoisotopic (exact) mass is 410 g/mol. The molecule has 170 valence electrons. The normalized spacial score (nSPS) is 50.6. The van der Waals surface area contributed by atoms with Crippen molar-refractivity contribution >= 4 is 0 Å². The molecule has 3 fully saturated rings. The van der Waals surface area contributed by atoms with E-state index in [-0.39, 0.29) is 0 Å². The molecule has 0 aromatic rings. The summed E-state index contributed by atoms with van der Waals surface area (Å²) in [5.41, 5.74) is 5.83. The van der Waals surface area contributed by atoms with Crippen molar-refractivity contribution < 1.29 is 0 Å². The molecule has 4 rings (SSSR count). The molecule has 30 heavy (non-hydrogen) atoms. The lowest BCUT2D eigenvalue weighted by Crippen LogP contribution is -2.63. The van der Waals surface area contributed by atoms with Gasteiger partial charge in [0.2, 0.25) is 0 Å². The fourth-order valence-electron chi connectivity index (χ4n) is 9.67. The molecule has 0 aromatic carbocycles. The highest BCUT2D eigenvalue weighted by Gasteiger charge is 2.66. The highest BCUT2D eigenvalue weighted by atomic mass is 14.7. The molecule has 0 bridgehead atoms. The minimum atomic E-state index is 0.473. The van der Waals surface area contributed by atoms with Gasteiger partial charge in [0.05, 0.1) is 0 Å². The van der Waals surface area contributed by atoms with E-state index in [1.54, 1.807) is 5.57 Å². The highest BCUT2D eigenvalue weighted by Crippen LogP contribution is 2.75. The fourth-order valence-corrected chi connectivity index (χ4v) is 9.67. The fraction of sp³-hybridized carbons (Fsp3) is 0.867.